The fourth-order valence-electron chi connectivity index (χ4n) is 4.98. The Kier molecular flexibility index (Phi) is 14.9. The smallest absolute Gasteiger partial charge is 0.306 e. The lowest BCUT2D eigenvalue weighted by Crippen LogP contribution is -2.37. The minimum Gasteiger partial charge on any atom is -0.469 e. The first-order valence-electron chi connectivity index (χ1n) is 17.0. The van der Waals surface area contributed by atoms with E-state index in [-0.39, 0.29) is 50.5 Å². The highest BCUT2D eigenvalue weighted by Gasteiger charge is 2.16. The summed E-state index contributed by atoms with van der Waals surface area (Å²) in [6.45, 7) is 0.185. The van der Waals surface area contributed by atoms with E-state index in [1.807, 2.05) is 48.5 Å². The first-order chi connectivity index (χ1) is 25.5. The van der Waals surface area contributed by atoms with Gasteiger partial charge < -0.3 is 47.4 Å². The van der Waals surface area contributed by atoms with E-state index in [0.29, 0.717) is 40.8 Å². The molecule has 0 unspecified atom stereocenters. The standard InChI is InChI=1S/C39H44N6O8/c1-51-38(49)23-22-36(47)43-24-25(40)10-21-37(48)44-26-11-15-28(16-12-26)52-33-8-4-2-6-30(33)31-7-3-5-9-34(31)53-29-17-13-27(14-18-29)45-39(50)32(41)19-20-35(42)46/h2-9,11-18,25,32H,10,19-24,40-41H2,1H3,(H2,42,46)(H,43,47)(H,44,48)(H,45,50)/t25-,32+/m0/s1. The van der Waals surface area contributed by atoms with Crippen molar-refractivity contribution in [1.29, 1.82) is 0 Å². The molecule has 0 saturated carbocycles. The molecule has 4 aromatic rings. The number of primary amides is 1. The second-order valence-electron chi connectivity index (χ2n) is 12.1. The molecule has 0 heterocycles. The van der Waals surface area contributed by atoms with Gasteiger partial charge in [-0.05, 0) is 73.5 Å². The van der Waals surface area contributed by atoms with Crippen molar-refractivity contribution >= 4 is 41.0 Å². The fourth-order valence-corrected chi connectivity index (χ4v) is 4.98. The van der Waals surface area contributed by atoms with E-state index in [0.717, 1.165) is 11.1 Å². The van der Waals surface area contributed by atoms with E-state index in [9.17, 15) is 24.0 Å². The number of hydrogen-bond acceptors (Lipinski definition) is 10. The Hall–Kier alpha value is -6.25. The molecule has 0 aliphatic rings. The molecule has 278 valence electrons. The van der Waals surface area contributed by atoms with Crippen molar-refractivity contribution < 1.29 is 38.2 Å². The first kappa shape index (κ1) is 39.5. The lowest BCUT2D eigenvalue weighted by atomic mass is 10.0. The molecule has 0 saturated heterocycles. The molecule has 0 aliphatic heterocycles. The molecule has 4 aromatic carbocycles. The van der Waals surface area contributed by atoms with Gasteiger partial charge in [-0.2, -0.15) is 0 Å². The van der Waals surface area contributed by atoms with Gasteiger partial charge >= 0.3 is 5.97 Å². The van der Waals surface area contributed by atoms with Crippen LogP contribution >= 0.6 is 0 Å². The largest absolute Gasteiger partial charge is 0.469 e. The summed E-state index contributed by atoms with van der Waals surface area (Å²) in [5.41, 5.74) is 19.7. The Morgan fingerprint density at radius 1 is 0.623 bits per heavy atom. The minimum absolute atomic E-state index is 0.00713. The number of carbonyl (C=O) groups is 5. The molecule has 0 spiro atoms. The van der Waals surface area contributed by atoms with Gasteiger partial charge in [0.1, 0.15) is 23.0 Å². The molecule has 53 heavy (non-hydrogen) atoms. The number of benzene rings is 4. The SMILES string of the molecule is COC(=O)CCC(=O)NC[C@@H](N)CCC(=O)Nc1ccc(Oc2ccccc2-c2ccccc2Oc2ccc(NC(=O)[C@H](N)CCC(N)=O)cc2)cc1. The van der Waals surface area contributed by atoms with Crippen LogP contribution in [-0.2, 0) is 28.7 Å². The zero-order valence-corrected chi connectivity index (χ0v) is 29.3. The van der Waals surface area contributed by atoms with Crippen molar-refractivity contribution in [2.75, 3.05) is 24.3 Å². The highest BCUT2D eigenvalue weighted by molar-refractivity contribution is 5.95. The minimum atomic E-state index is -0.866. The van der Waals surface area contributed by atoms with Crippen LogP contribution in [0.4, 0.5) is 11.4 Å². The molecule has 14 nitrogen and oxygen atoms in total. The monoisotopic (exact) mass is 724 g/mol. The number of ether oxygens (including phenoxy) is 3. The molecule has 2 atom stereocenters. The Morgan fingerprint density at radius 3 is 1.68 bits per heavy atom. The van der Waals surface area contributed by atoms with Gasteiger partial charge in [0.25, 0.3) is 0 Å². The summed E-state index contributed by atoms with van der Waals surface area (Å²) < 4.78 is 17.0. The number of nitrogens with one attached hydrogen (secondary N) is 3. The molecule has 0 bridgehead atoms. The van der Waals surface area contributed by atoms with Gasteiger partial charge in [-0.1, -0.05) is 36.4 Å². The summed E-state index contributed by atoms with van der Waals surface area (Å²) >= 11 is 0. The van der Waals surface area contributed by atoms with E-state index < -0.39 is 29.9 Å². The van der Waals surface area contributed by atoms with Crippen LogP contribution in [0.5, 0.6) is 23.0 Å². The number of hydrogen-bond donors (Lipinski definition) is 6. The highest BCUT2D eigenvalue weighted by atomic mass is 16.5. The molecule has 0 aromatic heterocycles. The summed E-state index contributed by atoms with van der Waals surface area (Å²) in [6, 6.07) is 27.5. The summed E-state index contributed by atoms with van der Waals surface area (Å²) in [7, 11) is 1.26. The maximum absolute atomic E-state index is 12.5. The van der Waals surface area contributed by atoms with Crippen LogP contribution in [0.1, 0.15) is 38.5 Å². The second kappa shape index (κ2) is 20.0. The molecule has 4 rings (SSSR count). The third-order valence-electron chi connectivity index (χ3n) is 7.91. The number of anilines is 2. The number of nitrogens with two attached hydrogens (primary N) is 3. The highest BCUT2D eigenvalue weighted by Crippen LogP contribution is 2.40. The maximum Gasteiger partial charge on any atom is 0.306 e. The Labute approximate surface area is 307 Å². The van der Waals surface area contributed by atoms with Crippen molar-refractivity contribution in [3.05, 3.63) is 97.1 Å². The van der Waals surface area contributed by atoms with Crippen LogP contribution in [0, 0.1) is 0 Å². The lowest BCUT2D eigenvalue weighted by Gasteiger charge is -2.16. The first-order valence-corrected chi connectivity index (χ1v) is 17.0. The van der Waals surface area contributed by atoms with Crippen LogP contribution in [-0.4, -0.2) is 55.3 Å². The van der Waals surface area contributed by atoms with Crippen LogP contribution in [0.2, 0.25) is 0 Å². The van der Waals surface area contributed by atoms with Gasteiger partial charge in [-0.15, -0.1) is 0 Å². The normalized spacial score (nSPS) is 11.8. The number of rotatable bonds is 19. The predicted octanol–water partition coefficient (Wildman–Crippen LogP) is 4.58. The molecule has 0 fully saturated rings. The number of esters is 1. The van der Waals surface area contributed by atoms with E-state index in [1.54, 1.807) is 48.5 Å². The third-order valence-corrected chi connectivity index (χ3v) is 7.91. The molecule has 9 N–H and O–H groups in total. The average Bonchev–Trinajstić information content (AvgIpc) is 3.16. The van der Waals surface area contributed by atoms with E-state index in [4.69, 9.17) is 26.7 Å². The summed E-state index contributed by atoms with van der Waals surface area (Å²) in [5.74, 6) is 0.290. The Balaban J connectivity index is 1.32. The summed E-state index contributed by atoms with van der Waals surface area (Å²) in [4.78, 5) is 58.9. The van der Waals surface area contributed by atoms with Crippen LogP contribution in [0.3, 0.4) is 0 Å². The number of carbonyl (C=O) groups excluding carboxylic acids is 5. The zero-order chi connectivity index (χ0) is 38.2. The fraction of sp³-hybridized carbons (Fsp3) is 0.256. The molecule has 4 amide bonds. The maximum atomic E-state index is 12.5. The van der Waals surface area contributed by atoms with Gasteiger partial charge in [0.2, 0.25) is 23.6 Å². The number of methoxy groups -OCH3 is 1. The van der Waals surface area contributed by atoms with Crippen molar-refractivity contribution in [2.24, 2.45) is 17.2 Å². The van der Waals surface area contributed by atoms with Crippen LogP contribution < -0.4 is 42.6 Å². The van der Waals surface area contributed by atoms with Crippen molar-refractivity contribution in [1.82, 2.24) is 5.32 Å². The van der Waals surface area contributed by atoms with E-state index >= 15 is 0 Å². The average molecular weight is 725 g/mol. The van der Waals surface area contributed by atoms with Crippen LogP contribution in [0.15, 0.2) is 97.1 Å². The van der Waals surface area contributed by atoms with E-state index in [2.05, 4.69) is 20.7 Å². The second-order valence-corrected chi connectivity index (χ2v) is 12.1. The van der Waals surface area contributed by atoms with E-state index in [1.165, 1.54) is 7.11 Å². The van der Waals surface area contributed by atoms with Crippen molar-refractivity contribution in [2.45, 2.75) is 50.6 Å². The number of amides is 4. The molecule has 0 radical (unpaired) electrons. The van der Waals surface area contributed by atoms with Crippen molar-refractivity contribution in [3.63, 3.8) is 0 Å². The Morgan fingerprint density at radius 2 is 1.15 bits per heavy atom. The summed E-state index contributed by atoms with van der Waals surface area (Å²) in [6.07, 6.45) is 0.676. The molecular formula is C39H44N6O8. The number of para-hydroxylation sites is 2. The van der Waals surface area contributed by atoms with Gasteiger partial charge in [0.05, 0.1) is 19.6 Å². The molecule has 0 aliphatic carbocycles. The predicted molar refractivity (Wildman–Crippen MR) is 200 cm³/mol. The van der Waals surface area contributed by atoms with Gasteiger partial charge in [0.15, 0.2) is 0 Å². The van der Waals surface area contributed by atoms with Crippen molar-refractivity contribution in [3.8, 4) is 34.1 Å². The Bertz CT molecular complexity index is 1870. The van der Waals surface area contributed by atoms with Gasteiger partial charge in [-0.3, -0.25) is 24.0 Å². The van der Waals surface area contributed by atoms with Gasteiger partial charge in [0, 0.05) is 54.4 Å². The zero-order valence-electron chi connectivity index (χ0n) is 29.3. The van der Waals surface area contributed by atoms with Crippen LogP contribution in [0.25, 0.3) is 11.1 Å². The molecular weight excluding hydrogens is 680 g/mol. The topological polar surface area (TPSA) is 227 Å². The quantitative estimate of drug-likeness (QED) is 0.0738. The van der Waals surface area contributed by atoms with Gasteiger partial charge in [-0.25, -0.2) is 0 Å². The summed E-state index contributed by atoms with van der Waals surface area (Å²) in [5, 5.41) is 8.22. The third kappa shape index (κ3) is 13.1. The lowest BCUT2D eigenvalue weighted by molar-refractivity contribution is -0.142. The molecule has 14 heteroatoms.